The van der Waals surface area contributed by atoms with Gasteiger partial charge in [0.05, 0.1) is 0 Å². The third kappa shape index (κ3) is 2.98. The number of carbonyl (C=O) groups excluding carboxylic acids is 1. The van der Waals surface area contributed by atoms with Crippen molar-refractivity contribution in [2.75, 3.05) is 11.1 Å². The first kappa shape index (κ1) is 13.5. The van der Waals surface area contributed by atoms with Crippen molar-refractivity contribution in [3.8, 4) is 0 Å². The topological polar surface area (TPSA) is 55.1 Å². The number of fused-ring (bicyclic) bond motifs is 1. The number of nitrogens with one attached hydrogen (secondary N) is 1. The van der Waals surface area contributed by atoms with Gasteiger partial charge in [-0.15, -0.1) is 0 Å². The van der Waals surface area contributed by atoms with E-state index in [0.717, 1.165) is 16.5 Å². The average molecular weight is 297 g/mol. The van der Waals surface area contributed by atoms with Crippen LogP contribution in [0.25, 0.3) is 10.8 Å². The lowest BCUT2D eigenvalue weighted by Gasteiger charge is -2.08. The van der Waals surface area contributed by atoms with E-state index in [4.69, 9.17) is 17.3 Å². The number of halogens is 1. The molecule has 104 valence electrons. The number of hydrogen-bond donors (Lipinski definition) is 2. The lowest BCUT2D eigenvalue weighted by molar-refractivity contribution is 0.102. The van der Waals surface area contributed by atoms with E-state index in [0.29, 0.717) is 16.3 Å². The van der Waals surface area contributed by atoms with Crippen molar-refractivity contribution in [3.63, 3.8) is 0 Å². The molecule has 0 fully saturated rings. The molecule has 3 aromatic carbocycles. The summed E-state index contributed by atoms with van der Waals surface area (Å²) in [6.07, 6.45) is 0. The fourth-order valence-corrected chi connectivity index (χ4v) is 2.46. The Hall–Kier alpha value is -2.52. The molecule has 0 aliphatic rings. The summed E-state index contributed by atoms with van der Waals surface area (Å²) in [5.41, 5.74) is 7.34. The minimum Gasteiger partial charge on any atom is -0.399 e. The maximum atomic E-state index is 12.2. The van der Waals surface area contributed by atoms with E-state index in [1.54, 1.807) is 18.2 Å². The molecule has 4 heteroatoms. The van der Waals surface area contributed by atoms with Gasteiger partial charge in [0.2, 0.25) is 0 Å². The maximum Gasteiger partial charge on any atom is 0.255 e. The molecule has 0 heterocycles. The van der Waals surface area contributed by atoms with Gasteiger partial charge in [-0.2, -0.15) is 0 Å². The molecule has 0 saturated heterocycles. The van der Waals surface area contributed by atoms with Crippen molar-refractivity contribution >= 4 is 39.7 Å². The van der Waals surface area contributed by atoms with Gasteiger partial charge in [-0.3, -0.25) is 4.79 Å². The zero-order valence-electron chi connectivity index (χ0n) is 11.1. The number of nitrogen functional groups attached to an aromatic ring is 1. The van der Waals surface area contributed by atoms with Gasteiger partial charge in [0.25, 0.3) is 5.91 Å². The molecule has 0 spiro atoms. The van der Waals surface area contributed by atoms with E-state index in [2.05, 4.69) is 5.32 Å². The molecule has 0 aliphatic heterocycles. The Kier molecular flexibility index (Phi) is 3.50. The third-order valence-electron chi connectivity index (χ3n) is 3.19. The Morgan fingerprint density at radius 2 is 1.71 bits per heavy atom. The monoisotopic (exact) mass is 296 g/mol. The standard InChI is InChI=1S/C17H13ClN2O/c18-14-7-13(8-15(19)10-14)17(21)20-16-6-5-11-3-1-2-4-12(11)9-16/h1-10H,19H2,(H,20,21). The van der Waals surface area contributed by atoms with Crippen molar-refractivity contribution in [2.45, 2.75) is 0 Å². The molecule has 0 atom stereocenters. The van der Waals surface area contributed by atoms with Gasteiger partial charge in [-0.25, -0.2) is 0 Å². The summed E-state index contributed by atoms with van der Waals surface area (Å²) in [7, 11) is 0. The zero-order valence-corrected chi connectivity index (χ0v) is 11.9. The molecule has 3 aromatic rings. The minimum atomic E-state index is -0.237. The van der Waals surface area contributed by atoms with Crippen molar-refractivity contribution < 1.29 is 4.79 Å². The lowest BCUT2D eigenvalue weighted by Crippen LogP contribution is -2.12. The molecule has 0 saturated carbocycles. The first-order valence-corrected chi connectivity index (χ1v) is 6.86. The second-order valence-electron chi connectivity index (χ2n) is 4.79. The Balaban J connectivity index is 1.88. The smallest absolute Gasteiger partial charge is 0.255 e. The molecule has 0 bridgehead atoms. The maximum absolute atomic E-state index is 12.2. The van der Waals surface area contributed by atoms with Crippen LogP contribution in [0.5, 0.6) is 0 Å². The number of rotatable bonds is 2. The molecule has 3 rings (SSSR count). The molecular formula is C17H13ClN2O. The molecule has 0 unspecified atom stereocenters. The number of carbonyl (C=O) groups is 1. The van der Waals surface area contributed by atoms with E-state index < -0.39 is 0 Å². The van der Waals surface area contributed by atoms with E-state index in [1.807, 2.05) is 42.5 Å². The van der Waals surface area contributed by atoms with Crippen LogP contribution in [-0.2, 0) is 0 Å². The van der Waals surface area contributed by atoms with Crippen LogP contribution < -0.4 is 11.1 Å². The van der Waals surface area contributed by atoms with E-state index in [-0.39, 0.29) is 5.91 Å². The normalized spacial score (nSPS) is 10.5. The molecule has 0 aromatic heterocycles. The summed E-state index contributed by atoms with van der Waals surface area (Å²) in [6.45, 7) is 0. The highest BCUT2D eigenvalue weighted by atomic mass is 35.5. The van der Waals surface area contributed by atoms with Crippen LogP contribution in [0.3, 0.4) is 0 Å². The zero-order chi connectivity index (χ0) is 14.8. The van der Waals surface area contributed by atoms with E-state index in [9.17, 15) is 4.79 Å². The van der Waals surface area contributed by atoms with Crippen molar-refractivity contribution in [2.24, 2.45) is 0 Å². The van der Waals surface area contributed by atoms with Crippen molar-refractivity contribution in [1.29, 1.82) is 0 Å². The van der Waals surface area contributed by atoms with Crippen LogP contribution in [-0.4, -0.2) is 5.91 Å². The van der Waals surface area contributed by atoms with Gasteiger partial charge in [0.1, 0.15) is 0 Å². The van der Waals surface area contributed by atoms with Gasteiger partial charge in [0.15, 0.2) is 0 Å². The van der Waals surface area contributed by atoms with E-state index >= 15 is 0 Å². The number of benzene rings is 3. The van der Waals surface area contributed by atoms with Crippen LogP contribution in [0, 0.1) is 0 Å². The van der Waals surface area contributed by atoms with Gasteiger partial charge in [-0.1, -0.05) is 41.9 Å². The summed E-state index contributed by atoms with van der Waals surface area (Å²) in [5, 5.41) is 5.49. The van der Waals surface area contributed by atoms with Crippen molar-refractivity contribution in [3.05, 3.63) is 71.2 Å². The minimum absolute atomic E-state index is 0.237. The second-order valence-corrected chi connectivity index (χ2v) is 5.23. The number of amides is 1. The van der Waals surface area contributed by atoms with Gasteiger partial charge in [0, 0.05) is 22.0 Å². The van der Waals surface area contributed by atoms with Crippen LogP contribution in [0.1, 0.15) is 10.4 Å². The van der Waals surface area contributed by atoms with Crippen LogP contribution >= 0.6 is 11.6 Å². The Bertz CT molecular complexity index is 810. The first-order valence-electron chi connectivity index (χ1n) is 6.48. The number of nitrogens with two attached hydrogens (primary N) is 1. The number of anilines is 2. The highest BCUT2D eigenvalue weighted by molar-refractivity contribution is 6.31. The largest absolute Gasteiger partial charge is 0.399 e. The summed E-state index contributed by atoms with van der Waals surface area (Å²) in [6, 6.07) is 18.5. The lowest BCUT2D eigenvalue weighted by atomic mass is 10.1. The molecule has 21 heavy (non-hydrogen) atoms. The molecule has 1 amide bonds. The van der Waals surface area contributed by atoms with Crippen LogP contribution in [0.4, 0.5) is 11.4 Å². The molecule has 3 N–H and O–H groups in total. The second kappa shape index (κ2) is 5.46. The highest BCUT2D eigenvalue weighted by Gasteiger charge is 2.08. The average Bonchev–Trinajstić information content (AvgIpc) is 2.46. The first-order chi connectivity index (χ1) is 10.1. The van der Waals surface area contributed by atoms with Gasteiger partial charge < -0.3 is 11.1 Å². The molecule has 0 aliphatic carbocycles. The van der Waals surface area contributed by atoms with E-state index in [1.165, 1.54) is 0 Å². The van der Waals surface area contributed by atoms with Crippen molar-refractivity contribution in [1.82, 2.24) is 0 Å². The SMILES string of the molecule is Nc1cc(Cl)cc(C(=O)Nc2ccc3ccccc3c2)c1. The quantitative estimate of drug-likeness (QED) is 0.692. The Morgan fingerprint density at radius 1 is 0.952 bits per heavy atom. The summed E-state index contributed by atoms with van der Waals surface area (Å²) < 4.78 is 0. The molecule has 0 radical (unpaired) electrons. The predicted octanol–water partition coefficient (Wildman–Crippen LogP) is 4.33. The predicted molar refractivity (Wildman–Crippen MR) is 87.8 cm³/mol. The van der Waals surface area contributed by atoms with Gasteiger partial charge >= 0.3 is 0 Å². The summed E-state index contributed by atoms with van der Waals surface area (Å²) in [5.74, 6) is -0.237. The summed E-state index contributed by atoms with van der Waals surface area (Å²) in [4.78, 5) is 12.2. The number of hydrogen-bond acceptors (Lipinski definition) is 2. The summed E-state index contributed by atoms with van der Waals surface area (Å²) >= 11 is 5.92. The van der Waals surface area contributed by atoms with Crippen LogP contribution in [0.15, 0.2) is 60.7 Å². The highest BCUT2D eigenvalue weighted by Crippen LogP contribution is 2.21. The van der Waals surface area contributed by atoms with Crippen LogP contribution in [0.2, 0.25) is 5.02 Å². The fraction of sp³-hybridized carbons (Fsp3) is 0. The Morgan fingerprint density at radius 3 is 2.48 bits per heavy atom. The third-order valence-corrected chi connectivity index (χ3v) is 3.41. The molecular weight excluding hydrogens is 284 g/mol. The Labute approximate surface area is 127 Å². The van der Waals surface area contributed by atoms with Gasteiger partial charge in [-0.05, 0) is 41.1 Å². The molecule has 3 nitrogen and oxygen atoms in total. The fourth-order valence-electron chi connectivity index (χ4n) is 2.21.